The fourth-order valence-electron chi connectivity index (χ4n) is 1.95. The van der Waals surface area contributed by atoms with E-state index in [0.717, 1.165) is 6.07 Å². The maximum Gasteiger partial charge on any atom is 0.162 e. The van der Waals surface area contributed by atoms with Crippen LogP contribution in [-0.4, -0.2) is 11.7 Å². The molecule has 1 unspecified atom stereocenters. The van der Waals surface area contributed by atoms with Crippen molar-refractivity contribution in [3.63, 3.8) is 0 Å². The molecule has 3 N–H and O–H groups in total. The number of fused-ring (bicyclic) bond motifs is 1. The second-order valence-corrected chi connectivity index (χ2v) is 3.70. The SMILES string of the molecule is NC1(CO)CCc2c1ccc(F)c2F. The third-order valence-electron chi connectivity index (χ3n) is 2.84. The molecule has 1 aromatic rings. The van der Waals surface area contributed by atoms with Gasteiger partial charge in [0.25, 0.3) is 0 Å². The van der Waals surface area contributed by atoms with Crippen molar-refractivity contribution in [3.05, 3.63) is 34.9 Å². The van der Waals surface area contributed by atoms with E-state index in [4.69, 9.17) is 10.8 Å². The normalized spacial score (nSPS) is 25.1. The fraction of sp³-hybridized carbons (Fsp3) is 0.400. The summed E-state index contributed by atoms with van der Waals surface area (Å²) < 4.78 is 26.1. The number of hydrogen-bond acceptors (Lipinski definition) is 2. The predicted octanol–water partition coefficient (Wildman–Crippen LogP) is 1.06. The minimum Gasteiger partial charge on any atom is -0.394 e. The first-order valence-corrected chi connectivity index (χ1v) is 4.45. The molecule has 0 radical (unpaired) electrons. The van der Waals surface area contributed by atoms with Gasteiger partial charge in [0.15, 0.2) is 11.6 Å². The van der Waals surface area contributed by atoms with Gasteiger partial charge in [-0.2, -0.15) is 0 Å². The number of aliphatic hydroxyl groups excluding tert-OH is 1. The zero-order chi connectivity index (χ0) is 10.3. The molecule has 1 aromatic carbocycles. The molecule has 0 saturated carbocycles. The standard InChI is InChI=1S/C10H11F2NO/c11-8-2-1-7-6(9(8)12)3-4-10(7,13)5-14/h1-2,14H,3-5,13H2. The van der Waals surface area contributed by atoms with Crippen LogP contribution in [0.25, 0.3) is 0 Å². The van der Waals surface area contributed by atoms with E-state index in [1.54, 1.807) is 0 Å². The van der Waals surface area contributed by atoms with Crippen molar-refractivity contribution in [1.29, 1.82) is 0 Å². The van der Waals surface area contributed by atoms with E-state index in [2.05, 4.69) is 0 Å². The smallest absolute Gasteiger partial charge is 0.162 e. The molecular formula is C10H11F2NO. The van der Waals surface area contributed by atoms with Gasteiger partial charge in [0, 0.05) is 0 Å². The predicted molar refractivity (Wildman–Crippen MR) is 47.6 cm³/mol. The van der Waals surface area contributed by atoms with Crippen molar-refractivity contribution in [2.45, 2.75) is 18.4 Å². The van der Waals surface area contributed by atoms with Gasteiger partial charge in [0.1, 0.15) is 0 Å². The summed E-state index contributed by atoms with van der Waals surface area (Å²) in [4.78, 5) is 0. The van der Waals surface area contributed by atoms with E-state index in [1.807, 2.05) is 0 Å². The molecule has 0 fully saturated rings. The highest BCUT2D eigenvalue weighted by Crippen LogP contribution is 2.36. The van der Waals surface area contributed by atoms with Gasteiger partial charge in [-0.25, -0.2) is 8.78 Å². The van der Waals surface area contributed by atoms with Crippen LogP contribution < -0.4 is 5.73 Å². The zero-order valence-electron chi connectivity index (χ0n) is 7.56. The minimum absolute atomic E-state index is 0.245. The molecule has 0 spiro atoms. The van der Waals surface area contributed by atoms with Gasteiger partial charge in [-0.05, 0) is 30.0 Å². The molecule has 1 atom stereocenters. The van der Waals surface area contributed by atoms with Gasteiger partial charge >= 0.3 is 0 Å². The first kappa shape index (κ1) is 9.55. The summed E-state index contributed by atoms with van der Waals surface area (Å²) >= 11 is 0. The van der Waals surface area contributed by atoms with Crippen molar-refractivity contribution < 1.29 is 13.9 Å². The Balaban J connectivity index is 2.58. The summed E-state index contributed by atoms with van der Waals surface area (Å²) in [5.41, 5.74) is 5.78. The first-order chi connectivity index (χ1) is 6.58. The molecule has 2 rings (SSSR count). The lowest BCUT2D eigenvalue weighted by atomic mass is 9.94. The lowest BCUT2D eigenvalue weighted by Gasteiger charge is -2.22. The molecule has 0 amide bonds. The van der Waals surface area contributed by atoms with E-state index in [0.29, 0.717) is 24.0 Å². The number of hydrogen-bond donors (Lipinski definition) is 2. The Hall–Kier alpha value is -1.00. The quantitative estimate of drug-likeness (QED) is 0.710. The van der Waals surface area contributed by atoms with Gasteiger partial charge in [-0.1, -0.05) is 6.07 Å². The van der Waals surface area contributed by atoms with E-state index in [9.17, 15) is 8.78 Å². The highest BCUT2D eigenvalue weighted by atomic mass is 19.2. The zero-order valence-corrected chi connectivity index (χ0v) is 7.56. The number of benzene rings is 1. The van der Waals surface area contributed by atoms with Gasteiger partial charge in [-0.3, -0.25) is 0 Å². The summed E-state index contributed by atoms with van der Waals surface area (Å²) in [7, 11) is 0. The average molecular weight is 199 g/mol. The third-order valence-corrected chi connectivity index (χ3v) is 2.84. The lowest BCUT2D eigenvalue weighted by molar-refractivity contribution is 0.196. The van der Waals surface area contributed by atoms with Crippen LogP contribution >= 0.6 is 0 Å². The lowest BCUT2D eigenvalue weighted by Crippen LogP contribution is -2.38. The molecule has 1 aliphatic rings. The van der Waals surface area contributed by atoms with Gasteiger partial charge in [0.2, 0.25) is 0 Å². The maximum absolute atomic E-state index is 13.3. The Morgan fingerprint density at radius 2 is 2.14 bits per heavy atom. The summed E-state index contributed by atoms with van der Waals surface area (Å²) in [6.45, 7) is -0.245. The van der Waals surface area contributed by atoms with Crippen LogP contribution in [0.15, 0.2) is 12.1 Å². The third kappa shape index (κ3) is 1.14. The number of nitrogens with two attached hydrogens (primary N) is 1. The van der Waals surface area contributed by atoms with Crippen LogP contribution in [0.3, 0.4) is 0 Å². The van der Waals surface area contributed by atoms with Crippen molar-refractivity contribution >= 4 is 0 Å². The largest absolute Gasteiger partial charge is 0.394 e. The minimum atomic E-state index is -0.899. The molecular weight excluding hydrogens is 188 g/mol. The van der Waals surface area contributed by atoms with Crippen molar-refractivity contribution in [1.82, 2.24) is 0 Å². The Morgan fingerprint density at radius 1 is 1.43 bits per heavy atom. The Bertz CT molecular complexity index is 381. The topological polar surface area (TPSA) is 46.2 Å². The summed E-state index contributed by atoms with van der Waals surface area (Å²) in [6.07, 6.45) is 0.842. The molecule has 14 heavy (non-hydrogen) atoms. The van der Waals surface area contributed by atoms with Crippen molar-refractivity contribution in [2.24, 2.45) is 5.73 Å². The molecule has 1 aliphatic carbocycles. The summed E-state index contributed by atoms with van der Waals surface area (Å²) in [5, 5.41) is 9.09. The number of halogens is 2. The van der Waals surface area contributed by atoms with E-state index in [1.165, 1.54) is 6.07 Å². The van der Waals surface area contributed by atoms with Crippen molar-refractivity contribution in [2.75, 3.05) is 6.61 Å². The highest BCUT2D eigenvalue weighted by molar-refractivity contribution is 5.39. The Labute approximate surface area is 80.4 Å². The molecule has 0 saturated heterocycles. The number of aliphatic hydroxyl groups is 1. The monoisotopic (exact) mass is 199 g/mol. The van der Waals surface area contributed by atoms with Gasteiger partial charge < -0.3 is 10.8 Å². The van der Waals surface area contributed by atoms with E-state index < -0.39 is 17.2 Å². The van der Waals surface area contributed by atoms with E-state index >= 15 is 0 Å². The molecule has 0 bridgehead atoms. The molecule has 0 aromatic heterocycles. The van der Waals surface area contributed by atoms with Crippen LogP contribution in [0.1, 0.15) is 17.5 Å². The Morgan fingerprint density at radius 3 is 2.79 bits per heavy atom. The molecule has 0 heterocycles. The van der Waals surface area contributed by atoms with Gasteiger partial charge in [0.05, 0.1) is 12.1 Å². The molecule has 0 aliphatic heterocycles. The summed E-state index contributed by atoms with van der Waals surface area (Å²) in [6, 6.07) is 2.51. The highest BCUT2D eigenvalue weighted by Gasteiger charge is 2.36. The molecule has 4 heteroatoms. The van der Waals surface area contributed by atoms with Crippen LogP contribution in [0.2, 0.25) is 0 Å². The molecule has 2 nitrogen and oxygen atoms in total. The van der Waals surface area contributed by atoms with Crippen LogP contribution in [0, 0.1) is 11.6 Å². The average Bonchev–Trinajstić information content (AvgIpc) is 2.52. The Kier molecular flexibility index (Phi) is 2.05. The van der Waals surface area contributed by atoms with Crippen LogP contribution in [0.5, 0.6) is 0 Å². The van der Waals surface area contributed by atoms with Gasteiger partial charge in [-0.15, -0.1) is 0 Å². The number of rotatable bonds is 1. The molecule has 76 valence electrons. The maximum atomic E-state index is 13.3. The summed E-state index contributed by atoms with van der Waals surface area (Å²) in [5.74, 6) is -1.69. The first-order valence-electron chi connectivity index (χ1n) is 4.45. The van der Waals surface area contributed by atoms with Crippen LogP contribution in [-0.2, 0) is 12.0 Å². The van der Waals surface area contributed by atoms with Crippen LogP contribution in [0.4, 0.5) is 8.78 Å². The van der Waals surface area contributed by atoms with Crippen molar-refractivity contribution in [3.8, 4) is 0 Å². The fourth-order valence-corrected chi connectivity index (χ4v) is 1.95. The second kappa shape index (κ2) is 3.00. The second-order valence-electron chi connectivity index (χ2n) is 3.70. The van der Waals surface area contributed by atoms with E-state index in [-0.39, 0.29) is 6.61 Å².